The van der Waals surface area contributed by atoms with Crippen molar-refractivity contribution in [1.82, 2.24) is 9.97 Å². The van der Waals surface area contributed by atoms with Crippen LogP contribution in [-0.2, 0) is 0 Å². The maximum Gasteiger partial charge on any atom is 2.00 e. The monoisotopic (exact) mass is 441 g/mol. The van der Waals surface area contributed by atoms with Crippen LogP contribution in [0.1, 0.15) is 32.1 Å². The second-order valence-electron chi connectivity index (χ2n) is 6.23. The number of hydrogen-bond donors (Lipinski definition) is 0. The third-order valence-corrected chi connectivity index (χ3v) is 4.16. The average Bonchev–Trinajstić information content (AvgIpc) is 2.67. The van der Waals surface area contributed by atoms with E-state index >= 15 is 0 Å². The van der Waals surface area contributed by atoms with Gasteiger partial charge in [-0.3, -0.25) is 9.97 Å². The average molecular weight is 442 g/mol. The van der Waals surface area contributed by atoms with Gasteiger partial charge in [0.1, 0.15) is 0 Å². The van der Waals surface area contributed by atoms with Crippen LogP contribution in [0.15, 0.2) is 60.7 Å². The number of nitrogens with zero attached hydrogens (tertiary/aromatic N) is 2. The Morgan fingerprint density at radius 2 is 1.03 bits per heavy atom. The molecule has 0 spiro atoms. The molecule has 0 aliphatic carbocycles. The largest absolute Gasteiger partial charge is 2.00 e. The standard InChI is InChI=1S/2C11H9NO2.Ga/c2*1-7-5-6-8-3-2-4-9(11(13)14)10(8)12-7;/h2*2-6H,1H3,(H,13,14);/q;;+2/p-2. The Kier molecular flexibility index (Phi) is 7.14. The smallest absolute Gasteiger partial charge is 0.545 e. The summed E-state index contributed by atoms with van der Waals surface area (Å²) in [4.78, 5) is 29.9. The molecule has 7 heteroatoms. The van der Waals surface area contributed by atoms with E-state index in [1.165, 1.54) is 12.1 Å². The topological polar surface area (TPSA) is 106 Å². The van der Waals surface area contributed by atoms with Gasteiger partial charge in [0.25, 0.3) is 0 Å². The molecule has 0 saturated heterocycles. The third-order valence-electron chi connectivity index (χ3n) is 4.16. The quantitative estimate of drug-likeness (QED) is 0.435. The number of carbonyl (C=O) groups excluding carboxylic acids is 2. The zero-order chi connectivity index (χ0) is 20.3. The molecule has 0 saturated carbocycles. The van der Waals surface area contributed by atoms with Crippen LogP contribution in [0.25, 0.3) is 21.8 Å². The fraction of sp³-hybridized carbons (Fsp3) is 0.0909. The molecule has 0 N–H and O–H groups in total. The number of aromatic carboxylic acids is 2. The summed E-state index contributed by atoms with van der Waals surface area (Å²) in [6.45, 7) is 3.65. The van der Waals surface area contributed by atoms with E-state index in [9.17, 15) is 19.8 Å². The summed E-state index contributed by atoms with van der Waals surface area (Å²) in [6.07, 6.45) is 0. The molecule has 0 fully saturated rings. The minimum Gasteiger partial charge on any atom is -0.545 e. The number of carboxylic acid groups (broad SMARTS) is 2. The summed E-state index contributed by atoms with van der Waals surface area (Å²) in [7, 11) is 0. The van der Waals surface area contributed by atoms with E-state index in [0.717, 1.165) is 22.2 Å². The zero-order valence-electron chi connectivity index (χ0n) is 15.9. The normalized spacial score (nSPS) is 10.0. The van der Waals surface area contributed by atoms with Crippen molar-refractivity contribution in [3.63, 3.8) is 0 Å². The number of aryl methyl sites for hydroxylation is 2. The van der Waals surface area contributed by atoms with Crippen molar-refractivity contribution in [3.8, 4) is 0 Å². The Bertz CT molecular complexity index is 1110. The Morgan fingerprint density at radius 1 is 0.655 bits per heavy atom. The van der Waals surface area contributed by atoms with Gasteiger partial charge in [0, 0.05) is 33.3 Å². The van der Waals surface area contributed by atoms with Crippen molar-refractivity contribution in [2.24, 2.45) is 0 Å². The number of carbonyl (C=O) groups is 2. The van der Waals surface area contributed by atoms with Gasteiger partial charge >= 0.3 is 19.8 Å². The van der Waals surface area contributed by atoms with Crippen LogP contribution in [0, 0.1) is 13.8 Å². The first-order chi connectivity index (χ1) is 13.4. The van der Waals surface area contributed by atoms with Crippen LogP contribution < -0.4 is 10.2 Å². The molecule has 4 rings (SSSR count). The van der Waals surface area contributed by atoms with Crippen LogP contribution in [0.4, 0.5) is 0 Å². The number of hydrogen-bond acceptors (Lipinski definition) is 6. The number of aromatic nitrogens is 2. The third kappa shape index (κ3) is 5.01. The Balaban J connectivity index is 0.000000200. The van der Waals surface area contributed by atoms with E-state index in [0.29, 0.717) is 11.0 Å². The van der Waals surface area contributed by atoms with Gasteiger partial charge < -0.3 is 19.8 Å². The molecule has 141 valence electrons. The van der Waals surface area contributed by atoms with Gasteiger partial charge in [-0.05, 0) is 26.0 Å². The number of pyridine rings is 2. The molecular formula is C22H16GaN2O4. The molecule has 4 aromatic rings. The van der Waals surface area contributed by atoms with Gasteiger partial charge in [-0.15, -0.1) is 0 Å². The summed E-state index contributed by atoms with van der Waals surface area (Å²) in [5, 5.41) is 23.2. The molecular weight excluding hydrogens is 426 g/mol. The molecule has 6 nitrogen and oxygen atoms in total. The Hall–Kier alpha value is -3.16. The molecule has 0 unspecified atom stereocenters. The van der Waals surface area contributed by atoms with Gasteiger partial charge in [-0.2, -0.15) is 0 Å². The van der Waals surface area contributed by atoms with E-state index in [-0.39, 0.29) is 30.9 Å². The molecule has 0 bridgehead atoms. The number of para-hydroxylation sites is 2. The first-order valence-corrected chi connectivity index (χ1v) is 8.52. The van der Waals surface area contributed by atoms with Crippen molar-refractivity contribution >= 4 is 53.5 Å². The fourth-order valence-corrected chi connectivity index (χ4v) is 2.82. The van der Waals surface area contributed by atoms with E-state index in [4.69, 9.17) is 0 Å². The molecule has 0 aliphatic rings. The maximum atomic E-state index is 10.8. The van der Waals surface area contributed by atoms with E-state index in [1.54, 1.807) is 12.1 Å². The van der Waals surface area contributed by atoms with E-state index < -0.39 is 11.9 Å². The van der Waals surface area contributed by atoms with Crippen molar-refractivity contribution in [2.45, 2.75) is 13.8 Å². The predicted octanol–water partition coefficient (Wildman–Crippen LogP) is 1.43. The van der Waals surface area contributed by atoms with Crippen molar-refractivity contribution < 1.29 is 19.8 Å². The summed E-state index contributed by atoms with van der Waals surface area (Å²) in [6, 6.07) is 17.4. The van der Waals surface area contributed by atoms with Gasteiger partial charge in [0.05, 0.1) is 23.0 Å². The number of carboxylic acids is 2. The predicted molar refractivity (Wildman–Crippen MR) is 107 cm³/mol. The molecule has 2 aromatic heterocycles. The van der Waals surface area contributed by atoms with Gasteiger partial charge in [0.2, 0.25) is 0 Å². The Labute approximate surface area is 180 Å². The van der Waals surface area contributed by atoms with E-state index in [2.05, 4.69) is 9.97 Å². The number of benzene rings is 2. The molecule has 0 amide bonds. The molecule has 1 radical (unpaired) electrons. The van der Waals surface area contributed by atoms with Crippen LogP contribution in [-0.4, -0.2) is 41.7 Å². The van der Waals surface area contributed by atoms with Crippen molar-refractivity contribution in [2.75, 3.05) is 0 Å². The van der Waals surface area contributed by atoms with E-state index in [1.807, 2.05) is 50.2 Å². The van der Waals surface area contributed by atoms with Crippen LogP contribution in [0.3, 0.4) is 0 Å². The first-order valence-electron chi connectivity index (χ1n) is 8.52. The minimum absolute atomic E-state index is 0. The first kappa shape index (κ1) is 22.1. The van der Waals surface area contributed by atoms with Gasteiger partial charge in [-0.1, -0.05) is 48.5 Å². The second-order valence-corrected chi connectivity index (χ2v) is 6.23. The summed E-state index contributed by atoms with van der Waals surface area (Å²) in [5.74, 6) is -2.37. The zero-order valence-corrected chi connectivity index (χ0v) is 18.3. The molecule has 2 aromatic carbocycles. The SMILES string of the molecule is Cc1ccc2cccc(C(=O)[O-])c2n1.Cc1ccc2cccc(C(=O)[O-])c2n1.[Ga+2]. The molecule has 29 heavy (non-hydrogen) atoms. The van der Waals surface area contributed by atoms with Crippen molar-refractivity contribution in [1.29, 1.82) is 0 Å². The summed E-state index contributed by atoms with van der Waals surface area (Å²) in [5.41, 5.74) is 2.87. The molecule has 0 atom stereocenters. The summed E-state index contributed by atoms with van der Waals surface area (Å²) < 4.78 is 0. The van der Waals surface area contributed by atoms with Crippen LogP contribution in [0.2, 0.25) is 0 Å². The number of fused-ring (bicyclic) bond motifs is 2. The van der Waals surface area contributed by atoms with Gasteiger partial charge in [0.15, 0.2) is 0 Å². The Morgan fingerprint density at radius 3 is 1.38 bits per heavy atom. The fourth-order valence-electron chi connectivity index (χ4n) is 2.82. The molecule has 2 heterocycles. The van der Waals surface area contributed by atoms with Crippen LogP contribution >= 0.6 is 0 Å². The second kappa shape index (κ2) is 9.36. The number of rotatable bonds is 2. The molecule has 0 aliphatic heterocycles. The van der Waals surface area contributed by atoms with Crippen LogP contribution in [0.5, 0.6) is 0 Å². The minimum atomic E-state index is -1.19. The maximum absolute atomic E-state index is 10.8. The summed E-state index contributed by atoms with van der Waals surface area (Å²) >= 11 is 0. The van der Waals surface area contributed by atoms with Crippen molar-refractivity contribution in [3.05, 3.63) is 83.2 Å². The van der Waals surface area contributed by atoms with Gasteiger partial charge in [-0.25, -0.2) is 0 Å².